The van der Waals surface area contributed by atoms with E-state index in [-0.39, 0.29) is 0 Å². The van der Waals surface area contributed by atoms with Crippen LogP contribution in [0.5, 0.6) is 0 Å². The van der Waals surface area contributed by atoms with Crippen LogP contribution in [0, 0.1) is 5.92 Å². The van der Waals surface area contributed by atoms with E-state index in [0.29, 0.717) is 17.1 Å². The summed E-state index contributed by atoms with van der Waals surface area (Å²) in [6, 6.07) is 2.66. The minimum atomic E-state index is 0.495. The first-order chi connectivity index (χ1) is 13.2. The number of anilines is 3. The fourth-order valence-electron chi connectivity index (χ4n) is 4.38. The molecule has 0 bridgehead atoms. The molecular formula is C20H32N6S. The van der Waals surface area contributed by atoms with Gasteiger partial charge in [0.25, 0.3) is 0 Å². The van der Waals surface area contributed by atoms with E-state index in [1.807, 2.05) is 0 Å². The van der Waals surface area contributed by atoms with Crippen molar-refractivity contribution >= 4 is 34.9 Å². The molecule has 3 fully saturated rings. The zero-order chi connectivity index (χ0) is 18.6. The number of hydrogen-bond donors (Lipinski definition) is 2. The lowest BCUT2D eigenvalue weighted by atomic mass is 9.99. The van der Waals surface area contributed by atoms with E-state index in [1.165, 1.54) is 51.4 Å². The Morgan fingerprint density at radius 1 is 0.926 bits per heavy atom. The second-order valence-electron chi connectivity index (χ2n) is 8.35. The van der Waals surface area contributed by atoms with E-state index < -0.39 is 0 Å². The van der Waals surface area contributed by atoms with Crippen LogP contribution >= 0.6 is 12.2 Å². The number of nitrogens with zero attached hydrogens (tertiary/aromatic N) is 4. The summed E-state index contributed by atoms with van der Waals surface area (Å²) in [6.45, 7) is 6.64. The van der Waals surface area contributed by atoms with Crippen molar-refractivity contribution in [3.05, 3.63) is 6.07 Å². The van der Waals surface area contributed by atoms with Crippen LogP contribution in [0.4, 0.5) is 17.6 Å². The van der Waals surface area contributed by atoms with Crippen LogP contribution < -0.4 is 20.4 Å². The molecule has 1 saturated carbocycles. The molecule has 0 unspecified atom stereocenters. The zero-order valence-electron chi connectivity index (χ0n) is 16.4. The summed E-state index contributed by atoms with van der Waals surface area (Å²) < 4.78 is 0. The van der Waals surface area contributed by atoms with Gasteiger partial charge in [-0.1, -0.05) is 19.8 Å². The molecule has 0 atom stereocenters. The van der Waals surface area contributed by atoms with Gasteiger partial charge >= 0.3 is 0 Å². The topological polar surface area (TPSA) is 56.3 Å². The van der Waals surface area contributed by atoms with Crippen molar-refractivity contribution < 1.29 is 0 Å². The first-order valence-corrected chi connectivity index (χ1v) is 11.0. The van der Waals surface area contributed by atoms with Gasteiger partial charge in [0.05, 0.1) is 0 Å². The van der Waals surface area contributed by atoms with Gasteiger partial charge in [-0.15, -0.1) is 0 Å². The second kappa shape index (κ2) is 8.59. The first-order valence-electron chi connectivity index (χ1n) is 10.6. The highest BCUT2D eigenvalue weighted by molar-refractivity contribution is 7.80. The van der Waals surface area contributed by atoms with Crippen molar-refractivity contribution in [2.75, 3.05) is 41.3 Å². The van der Waals surface area contributed by atoms with Gasteiger partial charge in [0, 0.05) is 38.3 Å². The molecule has 0 amide bonds. The Kier molecular flexibility index (Phi) is 5.95. The maximum atomic E-state index is 5.54. The van der Waals surface area contributed by atoms with Crippen LogP contribution in [0.2, 0.25) is 0 Å². The minimum absolute atomic E-state index is 0.495. The van der Waals surface area contributed by atoms with Crippen molar-refractivity contribution in [3.63, 3.8) is 0 Å². The Balaban J connectivity index is 1.50. The van der Waals surface area contributed by atoms with Gasteiger partial charge in [-0.2, -0.15) is 9.97 Å². The van der Waals surface area contributed by atoms with E-state index in [0.717, 1.165) is 43.7 Å². The zero-order valence-corrected chi connectivity index (χ0v) is 17.2. The van der Waals surface area contributed by atoms with Gasteiger partial charge in [-0.3, -0.25) is 0 Å². The summed E-state index contributed by atoms with van der Waals surface area (Å²) in [7, 11) is 0. The molecule has 0 radical (unpaired) electrons. The smallest absolute Gasteiger partial charge is 0.232 e. The molecule has 7 heteroatoms. The largest absolute Gasteiger partial charge is 0.360 e. The average Bonchev–Trinajstić information content (AvgIpc) is 3.36. The van der Waals surface area contributed by atoms with E-state index in [9.17, 15) is 0 Å². The Bertz CT molecular complexity index is 646. The SMILES string of the molecule is CC1CCN(c2cc(N3CCCC3)nc(NC(=S)NC3CCCC3)n2)CC1. The number of hydrogen-bond acceptors (Lipinski definition) is 5. The van der Waals surface area contributed by atoms with E-state index in [2.05, 4.69) is 33.4 Å². The monoisotopic (exact) mass is 388 g/mol. The lowest BCUT2D eigenvalue weighted by Crippen LogP contribution is -2.37. The van der Waals surface area contributed by atoms with Crippen molar-refractivity contribution in [1.29, 1.82) is 0 Å². The standard InChI is InChI=1S/C20H32N6S/c1-15-8-12-26(13-9-15)18-14-17(25-10-4-5-11-25)22-19(23-18)24-20(27)21-16-6-2-3-7-16/h14-16H,2-13H2,1H3,(H2,21,22,23,24,27). The molecule has 148 valence electrons. The van der Waals surface area contributed by atoms with Gasteiger partial charge in [0.2, 0.25) is 5.95 Å². The Morgan fingerprint density at radius 3 is 2.15 bits per heavy atom. The summed E-state index contributed by atoms with van der Waals surface area (Å²) in [6.07, 6.45) is 9.93. The predicted molar refractivity (Wildman–Crippen MR) is 116 cm³/mol. The molecule has 0 spiro atoms. The molecule has 6 nitrogen and oxygen atoms in total. The van der Waals surface area contributed by atoms with Crippen LogP contribution in [-0.4, -0.2) is 47.3 Å². The van der Waals surface area contributed by atoms with Gasteiger partial charge < -0.3 is 20.4 Å². The lowest BCUT2D eigenvalue weighted by Gasteiger charge is -2.32. The van der Waals surface area contributed by atoms with Crippen LogP contribution in [0.3, 0.4) is 0 Å². The third-order valence-corrected chi connectivity index (χ3v) is 6.37. The molecule has 2 saturated heterocycles. The Hall–Kier alpha value is -1.63. The van der Waals surface area contributed by atoms with Crippen LogP contribution in [-0.2, 0) is 0 Å². The Labute approximate surface area is 168 Å². The summed E-state index contributed by atoms with van der Waals surface area (Å²) >= 11 is 5.54. The van der Waals surface area contributed by atoms with E-state index in [4.69, 9.17) is 22.2 Å². The molecule has 2 aliphatic heterocycles. The molecule has 2 N–H and O–H groups in total. The Morgan fingerprint density at radius 2 is 1.52 bits per heavy atom. The summed E-state index contributed by atoms with van der Waals surface area (Å²) in [4.78, 5) is 14.4. The summed E-state index contributed by atoms with van der Waals surface area (Å²) in [5.41, 5.74) is 0. The van der Waals surface area contributed by atoms with Gasteiger partial charge in [-0.25, -0.2) is 0 Å². The number of thiocarbonyl (C=S) groups is 1. The maximum absolute atomic E-state index is 5.54. The normalized spacial score (nSPS) is 21.7. The molecule has 3 aliphatic rings. The molecule has 1 aromatic rings. The van der Waals surface area contributed by atoms with Crippen LogP contribution in [0.15, 0.2) is 6.07 Å². The summed E-state index contributed by atoms with van der Waals surface area (Å²) in [5.74, 6) is 3.50. The molecule has 27 heavy (non-hydrogen) atoms. The van der Waals surface area contributed by atoms with E-state index in [1.54, 1.807) is 0 Å². The molecule has 3 heterocycles. The van der Waals surface area contributed by atoms with Crippen molar-refractivity contribution in [3.8, 4) is 0 Å². The molecule has 1 aromatic heterocycles. The van der Waals surface area contributed by atoms with Crippen LogP contribution in [0.1, 0.15) is 58.3 Å². The van der Waals surface area contributed by atoms with Crippen molar-refractivity contribution in [1.82, 2.24) is 15.3 Å². The van der Waals surface area contributed by atoms with Gasteiger partial charge in [0.15, 0.2) is 5.11 Å². The van der Waals surface area contributed by atoms with Gasteiger partial charge in [-0.05, 0) is 56.7 Å². The summed E-state index contributed by atoms with van der Waals surface area (Å²) in [5, 5.41) is 7.35. The second-order valence-corrected chi connectivity index (χ2v) is 8.76. The van der Waals surface area contributed by atoms with Gasteiger partial charge in [0.1, 0.15) is 11.6 Å². The molecule has 1 aliphatic carbocycles. The number of rotatable bonds is 4. The maximum Gasteiger partial charge on any atom is 0.232 e. The number of nitrogens with one attached hydrogen (secondary N) is 2. The highest BCUT2D eigenvalue weighted by Gasteiger charge is 2.22. The molecular weight excluding hydrogens is 356 g/mol. The fraction of sp³-hybridized carbons (Fsp3) is 0.750. The molecule has 4 rings (SSSR count). The van der Waals surface area contributed by atoms with Crippen molar-refractivity contribution in [2.24, 2.45) is 5.92 Å². The number of aromatic nitrogens is 2. The van der Waals surface area contributed by atoms with Crippen molar-refractivity contribution in [2.45, 2.75) is 64.3 Å². The quantitative estimate of drug-likeness (QED) is 0.765. The number of piperidine rings is 1. The van der Waals surface area contributed by atoms with Crippen LogP contribution in [0.25, 0.3) is 0 Å². The third kappa shape index (κ3) is 4.81. The van der Waals surface area contributed by atoms with E-state index >= 15 is 0 Å². The highest BCUT2D eigenvalue weighted by Crippen LogP contribution is 2.27. The lowest BCUT2D eigenvalue weighted by molar-refractivity contribution is 0.436. The minimum Gasteiger partial charge on any atom is -0.360 e. The highest BCUT2D eigenvalue weighted by atomic mass is 32.1. The predicted octanol–water partition coefficient (Wildman–Crippen LogP) is 3.54. The fourth-order valence-corrected chi connectivity index (χ4v) is 4.64. The molecule has 0 aromatic carbocycles. The average molecular weight is 389 g/mol. The first kappa shape index (κ1) is 18.7. The third-order valence-electron chi connectivity index (χ3n) is 6.15.